The number of carbonyl (C=O) groups excluding carboxylic acids is 1. The first-order valence-electron chi connectivity index (χ1n) is 9.44. The Hall–Kier alpha value is -1.48. The Bertz CT molecular complexity index is 741. The summed E-state index contributed by atoms with van der Waals surface area (Å²) in [7, 11) is 1.43. The normalized spacial score (nSPS) is 16.6. The van der Waals surface area contributed by atoms with E-state index in [1.54, 1.807) is 19.1 Å². The number of piperidine rings is 1. The molecule has 0 aromatic heterocycles. The van der Waals surface area contributed by atoms with E-state index in [9.17, 15) is 13.2 Å². The van der Waals surface area contributed by atoms with Crippen molar-refractivity contribution < 1.29 is 13.2 Å². The van der Waals surface area contributed by atoms with Gasteiger partial charge in [-0.2, -0.15) is 0 Å². The molecule has 2 rings (SSSR count). The molecule has 0 radical (unpaired) electrons. The van der Waals surface area contributed by atoms with E-state index < -0.39 is 10.0 Å². The molecule has 1 fully saturated rings. The van der Waals surface area contributed by atoms with Crippen molar-refractivity contribution in [3.8, 4) is 0 Å². The number of anilines is 1. The highest BCUT2D eigenvalue weighted by Gasteiger charge is 2.22. The van der Waals surface area contributed by atoms with Crippen molar-refractivity contribution in [2.75, 3.05) is 52.6 Å². The van der Waals surface area contributed by atoms with Gasteiger partial charge in [-0.1, -0.05) is 6.07 Å². The van der Waals surface area contributed by atoms with Crippen LogP contribution in [0.25, 0.3) is 0 Å². The van der Waals surface area contributed by atoms with Crippen LogP contribution >= 0.6 is 0 Å². The molecule has 0 spiro atoms. The number of hydrogen-bond acceptors (Lipinski definition) is 5. The van der Waals surface area contributed by atoms with Crippen molar-refractivity contribution in [3.05, 3.63) is 23.8 Å². The number of aryl methyl sites for hydroxylation is 1. The molecule has 0 unspecified atom stereocenters. The molecule has 0 bridgehead atoms. The molecule has 1 aromatic rings. The van der Waals surface area contributed by atoms with E-state index >= 15 is 0 Å². The summed E-state index contributed by atoms with van der Waals surface area (Å²) in [5, 5.41) is 6.03. The van der Waals surface area contributed by atoms with E-state index in [4.69, 9.17) is 0 Å². The molecule has 1 heterocycles. The molecule has 0 saturated carbocycles. The quantitative estimate of drug-likeness (QED) is 0.696. The molecule has 27 heavy (non-hydrogen) atoms. The highest BCUT2D eigenvalue weighted by molar-refractivity contribution is 7.89. The molecule has 1 saturated heterocycles. The van der Waals surface area contributed by atoms with Gasteiger partial charge in [-0.05, 0) is 76.5 Å². The molecular formula is C19H32N4O3S. The Balaban J connectivity index is 1.93. The van der Waals surface area contributed by atoms with E-state index in [1.807, 2.05) is 7.05 Å². The average Bonchev–Trinajstić information content (AvgIpc) is 2.62. The molecule has 1 amide bonds. The third-order valence-corrected chi connectivity index (χ3v) is 7.06. The average molecular weight is 397 g/mol. The monoisotopic (exact) mass is 396 g/mol. The number of likely N-dealkylation sites (tertiary alicyclic amines) is 1. The topological polar surface area (TPSA) is 81.8 Å². The number of benzene rings is 1. The van der Waals surface area contributed by atoms with Crippen LogP contribution in [0.2, 0.25) is 0 Å². The highest BCUT2D eigenvalue weighted by Crippen LogP contribution is 2.23. The van der Waals surface area contributed by atoms with Gasteiger partial charge in [0.2, 0.25) is 15.9 Å². The predicted molar refractivity (Wildman–Crippen MR) is 108 cm³/mol. The summed E-state index contributed by atoms with van der Waals surface area (Å²) in [5.74, 6) is 0.619. The van der Waals surface area contributed by atoms with Gasteiger partial charge in [-0.15, -0.1) is 0 Å². The van der Waals surface area contributed by atoms with Gasteiger partial charge in [-0.25, -0.2) is 12.7 Å². The van der Waals surface area contributed by atoms with Crippen LogP contribution in [-0.2, 0) is 14.8 Å². The summed E-state index contributed by atoms with van der Waals surface area (Å²) in [5.41, 5.74) is 1.17. The maximum atomic E-state index is 12.4. The zero-order valence-corrected chi connectivity index (χ0v) is 17.6. The molecule has 8 heteroatoms. The van der Waals surface area contributed by atoms with Crippen molar-refractivity contribution in [1.29, 1.82) is 0 Å². The fraction of sp³-hybridized carbons (Fsp3) is 0.632. The number of nitrogens with zero attached hydrogens (tertiary/aromatic N) is 2. The van der Waals surface area contributed by atoms with Crippen molar-refractivity contribution in [2.45, 2.75) is 31.1 Å². The Morgan fingerprint density at radius 1 is 1.26 bits per heavy atom. The second-order valence-electron chi connectivity index (χ2n) is 7.43. The smallest absolute Gasteiger partial charge is 0.242 e. The lowest BCUT2D eigenvalue weighted by Crippen LogP contribution is -2.39. The zero-order chi connectivity index (χ0) is 20.0. The van der Waals surface area contributed by atoms with Crippen LogP contribution in [0.1, 0.15) is 24.8 Å². The maximum Gasteiger partial charge on any atom is 0.242 e. The SMILES string of the molecule is CNCCC1CCN(CC(=O)Nc2ccc(C)c(S(=O)(=O)N(C)C)c2)CC1. The van der Waals surface area contributed by atoms with Crippen molar-refractivity contribution in [1.82, 2.24) is 14.5 Å². The number of nitrogens with one attached hydrogen (secondary N) is 2. The number of amides is 1. The first-order valence-corrected chi connectivity index (χ1v) is 10.9. The number of carbonyl (C=O) groups is 1. The van der Waals surface area contributed by atoms with Crippen molar-refractivity contribution >= 4 is 21.6 Å². The van der Waals surface area contributed by atoms with Gasteiger partial charge in [0.1, 0.15) is 0 Å². The second kappa shape index (κ2) is 9.64. The summed E-state index contributed by atoms with van der Waals surface area (Å²) in [6.07, 6.45) is 3.42. The van der Waals surface area contributed by atoms with E-state index in [2.05, 4.69) is 15.5 Å². The van der Waals surface area contributed by atoms with E-state index in [-0.39, 0.29) is 10.8 Å². The molecule has 7 nitrogen and oxygen atoms in total. The minimum absolute atomic E-state index is 0.110. The van der Waals surface area contributed by atoms with E-state index in [0.29, 0.717) is 17.8 Å². The minimum atomic E-state index is -3.54. The van der Waals surface area contributed by atoms with Crippen LogP contribution in [0.15, 0.2) is 23.1 Å². The lowest BCUT2D eigenvalue weighted by molar-refractivity contribution is -0.117. The molecule has 1 aliphatic heterocycles. The maximum absolute atomic E-state index is 12.4. The van der Waals surface area contributed by atoms with Crippen LogP contribution in [0.3, 0.4) is 0 Å². The molecular weight excluding hydrogens is 364 g/mol. The lowest BCUT2D eigenvalue weighted by Gasteiger charge is -2.31. The fourth-order valence-electron chi connectivity index (χ4n) is 3.34. The Morgan fingerprint density at radius 3 is 2.52 bits per heavy atom. The zero-order valence-electron chi connectivity index (χ0n) is 16.8. The number of sulfonamides is 1. The van der Waals surface area contributed by atoms with Crippen LogP contribution in [-0.4, -0.2) is 70.9 Å². The predicted octanol–water partition coefficient (Wildman–Crippen LogP) is 1.51. The van der Waals surface area contributed by atoms with Gasteiger partial charge in [-0.3, -0.25) is 9.69 Å². The minimum Gasteiger partial charge on any atom is -0.325 e. The van der Waals surface area contributed by atoms with E-state index in [0.717, 1.165) is 38.4 Å². The van der Waals surface area contributed by atoms with Gasteiger partial charge < -0.3 is 10.6 Å². The van der Waals surface area contributed by atoms with Crippen molar-refractivity contribution in [3.63, 3.8) is 0 Å². The molecule has 1 aliphatic rings. The molecule has 0 aliphatic carbocycles. The molecule has 0 atom stereocenters. The first kappa shape index (κ1) is 21.8. The summed E-state index contributed by atoms with van der Waals surface area (Å²) in [4.78, 5) is 14.8. The third-order valence-electron chi connectivity index (χ3n) is 5.11. The first-order chi connectivity index (χ1) is 12.7. The Morgan fingerprint density at radius 2 is 1.93 bits per heavy atom. The highest BCUT2D eigenvalue weighted by atomic mass is 32.2. The van der Waals surface area contributed by atoms with Gasteiger partial charge in [0.05, 0.1) is 11.4 Å². The van der Waals surface area contributed by atoms with Crippen LogP contribution < -0.4 is 10.6 Å². The van der Waals surface area contributed by atoms with Crippen LogP contribution in [0.4, 0.5) is 5.69 Å². The third kappa shape index (κ3) is 6.00. The summed E-state index contributed by atoms with van der Waals surface area (Å²) in [6.45, 7) is 4.98. The Kier molecular flexibility index (Phi) is 7.79. The summed E-state index contributed by atoms with van der Waals surface area (Å²) < 4.78 is 26.0. The molecule has 1 aromatic carbocycles. The van der Waals surface area contributed by atoms with Gasteiger partial charge in [0, 0.05) is 19.8 Å². The largest absolute Gasteiger partial charge is 0.325 e. The van der Waals surface area contributed by atoms with E-state index in [1.165, 1.54) is 30.9 Å². The van der Waals surface area contributed by atoms with Gasteiger partial charge in [0.15, 0.2) is 0 Å². The van der Waals surface area contributed by atoms with Gasteiger partial charge >= 0.3 is 0 Å². The van der Waals surface area contributed by atoms with Gasteiger partial charge in [0.25, 0.3) is 0 Å². The van der Waals surface area contributed by atoms with Crippen LogP contribution in [0.5, 0.6) is 0 Å². The van der Waals surface area contributed by atoms with Crippen molar-refractivity contribution in [2.24, 2.45) is 5.92 Å². The standard InChI is InChI=1S/C19H32N4O3S/c1-15-5-6-17(13-18(15)27(25,26)22(3)4)21-19(24)14-23-11-8-16(9-12-23)7-10-20-2/h5-6,13,16,20H,7-12,14H2,1-4H3,(H,21,24). The lowest BCUT2D eigenvalue weighted by atomic mass is 9.93. The summed E-state index contributed by atoms with van der Waals surface area (Å²) >= 11 is 0. The number of hydrogen-bond donors (Lipinski definition) is 2. The Labute approximate surface area is 163 Å². The van der Waals surface area contributed by atoms with Crippen LogP contribution in [0, 0.1) is 12.8 Å². The number of rotatable bonds is 8. The fourth-order valence-corrected chi connectivity index (χ4v) is 4.48. The molecule has 2 N–H and O–H groups in total. The molecule has 152 valence electrons. The second-order valence-corrected chi connectivity index (χ2v) is 9.55. The summed E-state index contributed by atoms with van der Waals surface area (Å²) in [6, 6.07) is 5.00.